The molecule has 0 saturated carbocycles. The number of benzene rings is 1. The van der Waals surface area contributed by atoms with E-state index in [-0.39, 0.29) is 0 Å². The molecule has 84 valence electrons. The molecule has 4 N–H and O–H groups in total. The van der Waals surface area contributed by atoms with Crippen LogP contribution >= 0.6 is 0 Å². The van der Waals surface area contributed by atoms with Gasteiger partial charge in [-0.15, -0.1) is 0 Å². The number of rotatable bonds is 3. The van der Waals surface area contributed by atoms with Crippen LogP contribution in [0.5, 0.6) is 0 Å². The molecule has 2 rings (SSSR count). The molecule has 0 bridgehead atoms. The molecule has 1 amide bonds. The summed E-state index contributed by atoms with van der Waals surface area (Å²) in [6, 6.07) is 5.15. The molecule has 0 spiro atoms. The molecule has 0 radical (unpaired) electrons. The van der Waals surface area contributed by atoms with Crippen LogP contribution in [0.3, 0.4) is 0 Å². The van der Waals surface area contributed by atoms with E-state index in [9.17, 15) is 4.79 Å². The predicted octanol–water partition coefficient (Wildman–Crippen LogP) is 1.13. The zero-order valence-electron chi connectivity index (χ0n) is 9.10. The fourth-order valence-corrected chi connectivity index (χ4v) is 1.75. The maximum absolute atomic E-state index is 11.1. The van der Waals surface area contributed by atoms with Crippen LogP contribution in [0.4, 0.5) is 5.95 Å². The first-order valence-electron chi connectivity index (χ1n) is 5.19. The number of nitrogens with two attached hydrogens (primary N) is 2. The Morgan fingerprint density at radius 3 is 2.88 bits per heavy atom. The lowest BCUT2D eigenvalue weighted by molar-refractivity contribution is 0.100. The number of amides is 1. The minimum Gasteiger partial charge on any atom is -0.369 e. The molecular formula is C11H14N4O. The van der Waals surface area contributed by atoms with E-state index in [2.05, 4.69) is 11.9 Å². The van der Waals surface area contributed by atoms with Crippen molar-refractivity contribution in [3.8, 4) is 0 Å². The smallest absolute Gasteiger partial charge is 0.248 e. The molecule has 1 aromatic heterocycles. The van der Waals surface area contributed by atoms with Crippen LogP contribution in [0.25, 0.3) is 11.0 Å². The largest absolute Gasteiger partial charge is 0.369 e. The Kier molecular flexibility index (Phi) is 2.52. The highest BCUT2D eigenvalue weighted by Gasteiger charge is 2.09. The van der Waals surface area contributed by atoms with E-state index in [0.29, 0.717) is 11.5 Å². The van der Waals surface area contributed by atoms with Gasteiger partial charge in [0.15, 0.2) is 0 Å². The molecule has 0 fully saturated rings. The van der Waals surface area contributed by atoms with Crippen molar-refractivity contribution in [2.45, 2.75) is 19.9 Å². The van der Waals surface area contributed by atoms with E-state index in [1.165, 1.54) is 0 Å². The molecule has 0 aliphatic heterocycles. The summed E-state index contributed by atoms with van der Waals surface area (Å²) in [6.45, 7) is 2.84. The monoisotopic (exact) mass is 218 g/mol. The number of hydrogen-bond acceptors (Lipinski definition) is 3. The van der Waals surface area contributed by atoms with Gasteiger partial charge in [0.2, 0.25) is 11.9 Å². The van der Waals surface area contributed by atoms with E-state index in [1.54, 1.807) is 18.2 Å². The van der Waals surface area contributed by atoms with Crippen LogP contribution in [0.15, 0.2) is 18.2 Å². The quantitative estimate of drug-likeness (QED) is 0.809. The van der Waals surface area contributed by atoms with Crippen molar-refractivity contribution in [3.63, 3.8) is 0 Å². The predicted molar refractivity (Wildman–Crippen MR) is 63.0 cm³/mol. The number of fused-ring (bicyclic) bond motifs is 1. The van der Waals surface area contributed by atoms with Gasteiger partial charge >= 0.3 is 0 Å². The molecule has 0 aliphatic carbocycles. The summed E-state index contributed by atoms with van der Waals surface area (Å²) in [4.78, 5) is 15.3. The molecule has 0 aliphatic rings. The number of nitrogens with zero attached hydrogens (tertiary/aromatic N) is 2. The van der Waals surface area contributed by atoms with Gasteiger partial charge in [-0.2, -0.15) is 0 Å². The van der Waals surface area contributed by atoms with Gasteiger partial charge in [-0.3, -0.25) is 4.79 Å². The third-order valence-electron chi connectivity index (χ3n) is 2.51. The van der Waals surface area contributed by atoms with E-state index < -0.39 is 5.91 Å². The first-order chi connectivity index (χ1) is 7.63. The summed E-state index contributed by atoms with van der Waals surface area (Å²) >= 11 is 0. The van der Waals surface area contributed by atoms with Crippen molar-refractivity contribution in [1.82, 2.24) is 9.55 Å². The zero-order valence-corrected chi connectivity index (χ0v) is 9.10. The summed E-state index contributed by atoms with van der Waals surface area (Å²) in [5.74, 6) is 0.0307. The topological polar surface area (TPSA) is 86.9 Å². The number of aryl methyl sites for hydroxylation is 1. The van der Waals surface area contributed by atoms with Gasteiger partial charge < -0.3 is 16.0 Å². The van der Waals surface area contributed by atoms with Crippen LogP contribution in [0.1, 0.15) is 23.7 Å². The Hall–Kier alpha value is -2.04. The van der Waals surface area contributed by atoms with E-state index in [4.69, 9.17) is 11.5 Å². The Morgan fingerprint density at radius 1 is 1.50 bits per heavy atom. The molecule has 5 heteroatoms. The SMILES string of the molecule is CCCn1c(N)nc2ccc(C(N)=O)cc21. The maximum atomic E-state index is 11.1. The zero-order chi connectivity index (χ0) is 11.7. The molecule has 2 aromatic rings. The van der Waals surface area contributed by atoms with Gasteiger partial charge in [-0.25, -0.2) is 4.98 Å². The highest BCUT2D eigenvalue weighted by Crippen LogP contribution is 2.19. The van der Waals surface area contributed by atoms with Gasteiger partial charge in [-0.05, 0) is 24.6 Å². The van der Waals surface area contributed by atoms with Gasteiger partial charge in [0.1, 0.15) is 0 Å². The lowest BCUT2D eigenvalue weighted by atomic mass is 10.2. The number of anilines is 1. The van der Waals surface area contributed by atoms with Crippen LogP contribution < -0.4 is 11.5 Å². The minimum absolute atomic E-state index is 0.440. The molecule has 0 unspecified atom stereocenters. The summed E-state index contributed by atoms with van der Waals surface area (Å²) in [6.07, 6.45) is 0.955. The fourth-order valence-electron chi connectivity index (χ4n) is 1.75. The average Bonchev–Trinajstić information content (AvgIpc) is 2.55. The second-order valence-electron chi connectivity index (χ2n) is 3.69. The summed E-state index contributed by atoms with van der Waals surface area (Å²) in [5, 5.41) is 0. The van der Waals surface area contributed by atoms with Crippen LogP contribution in [0, 0.1) is 0 Å². The third kappa shape index (κ3) is 1.60. The number of imidazole rings is 1. The normalized spacial score (nSPS) is 10.8. The number of carbonyl (C=O) groups is 1. The molecule has 5 nitrogen and oxygen atoms in total. The van der Waals surface area contributed by atoms with Gasteiger partial charge in [-0.1, -0.05) is 6.92 Å². The van der Waals surface area contributed by atoms with Crippen molar-refractivity contribution in [2.75, 3.05) is 5.73 Å². The minimum atomic E-state index is -0.440. The van der Waals surface area contributed by atoms with E-state index >= 15 is 0 Å². The van der Waals surface area contributed by atoms with Gasteiger partial charge in [0.25, 0.3) is 0 Å². The lowest BCUT2D eigenvalue weighted by Gasteiger charge is -2.04. The third-order valence-corrected chi connectivity index (χ3v) is 2.51. The van der Waals surface area contributed by atoms with Crippen molar-refractivity contribution in [2.24, 2.45) is 5.73 Å². The summed E-state index contributed by atoms with van der Waals surface area (Å²) in [5.41, 5.74) is 13.2. The number of carbonyl (C=O) groups excluding carboxylic acids is 1. The fraction of sp³-hybridized carbons (Fsp3) is 0.273. The Balaban J connectivity index is 2.64. The van der Waals surface area contributed by atoms with Crippen molar-refractivity contribution < 1.29 is 4.79 Å². The Bertz CT molecular complexity index is 544. The lowest BCUT2D eigenvalue weighted by Crippen LogP contribution is -2.11. The van der Waals surface area contributed by atoms with Gasteiger partial charge in [0, 0.05) is 12.1 Å². The number of aromatic nitrogens is 2. The highest BCUT2D eigenvalue weighted by molar-refractivity contribution is 5.96. The Morgan fingerprint density at radius 2 is 2.25 bits per heavy atom. The van der Waals surface area contributed by atoms with Crippen LogP contribution in [-0.4, -0.2) is 15.5 Å². The Labute approximate surface area is 93.1 Å². The molecule has 1 heterocycles. The molecule has 16 heavy (non-hydrogen) atoms. The van der Waals surface area contributed by atoms with Crippen molar-refractivity contribution in [3.05, 3.63) is 23.8 Å². The molecular weight excluding hydrogens is 204 g/mol. The van der Waals surface area contributed by atoms with Crippen molar-refractivity contribution >= 4 is 22.9 Å². The summed E-state index contributed by atoms with van der Waals surface area (Å²) < 4.78 is 1.89. The average molecular weight is 218 g/mol. The van der Waals surface area contributed by atoms with E-state index in [1.807, 2.05) is 4.57 Å². The standard InChI is InChI=1S/C11H14N4O/c1-2-5-15-9-6-7(10(12)16)3-4-8(9)14-11(15)13/h3-4,6H,2,5H2,1H3,(H2,12,16)(H2,13,14). The number of hydrogen-bond donors (Lipinski definition) is 2. The number of primary amides is 1. The molecule has 0 atom stereocenters. The van der Waals surface area contributed by atoms with E-state index in [0.717, 1.165) is 24.0 Å². The second kappa shape index (κ2) is 3.84. The molecule has 1 aromatic carbocycles. The first-order valence-corrected chi connectivity index (χ1v) is 5.19. The first kappa shape index (κ1) is 10.5. The molecule has 0 saturated heterocycles. The van der Waals surface area contributed by atoms with Gasteiger partial charge in [0.05, 0.1) is 11.0 Å². The van der Waals surface area contributed by atoms with Crippen LogP contribution in [-0.2, 0) is 6.54 Å². The number of nitrogen functional groups attached to an aromatic ring is 1. The summed E-state index contributed by atoms with van der Waals surface area (Å²) in [7, 11) is 0. The van der Waals surface area contributed by atoms with Crippen molar-refractivity contribution in [1.29, 1.82) is 0 Å². The maximum Gasteiger partial charge on any atom is 0.248 e. The highest BCUT2D eigenvalue weighted by atomic mass is 16.1. The second-order valence-corrected chi connectivity index (χ2v) is 3.69. The van der Waals surface area contributed by atoms with Crippen LogP contribution in [0.2, 0.25) is 0 Å².